The van der Waals surface area contributed by atoms with E-state index in [4.69, 9.17) is 0 Å². The van der Waals surface area contributed by atoms with Crippen LogP contribution in [0.1, 0.15) is 59.8 Å². The molecule has 0 aromatic carbocycles. The molecule has 1 fully saturated rings. The summed E-state index contributed by atoms with van der Waals surface area (Å²) in [6, 6.07) is 0. The van der Waals surface area contributed by atoms with Gasteiger partial charge in [0.05, 0.1) is 0 Å². The van der Waals surface area contributed by atoms with Gasteiger partial charge in [-0.15, -0.1) is 0 Å². The Kier molecular flexibility index (Phi) is 4.41. The lowest BCUT2D eigenvalue weighted by Crippen LogP contribution is -2.57. The molecule has 104 valence electrons. The highest BCUT2D eigenvalue weighted by molar-refractivity contribution is 5.87. The van der Waals surface area contributed by atoms with E-state index in [-0.39, 0.29) is 11.3 Å². The molecule has 18 heavy (non-hydrogen) atoms. The molecule has 0 bridgehead atoms. The normalized spacial score (nSPS) is 25.0. The molecule has 0 aromatic heterocycles. The molecule has 1 N–H and O–H groups in total. The number of carboxylic acid groups (broad SMARTS) is 1. The molecule has 1 saturated heterocycles. The number of likely N-dealkylation sites (tertiary alicyclic amines) is 1. The van der Waals surface area contributed by atoms with Crippen LogP contribution >= 0.6 is 0 Å². The largest absolute Gasteiger partial charge is 0.480 e. The van der Waals surface area contributed by atoms with E-state index in [1.165, 1.54) is 0 Å². The van der Waals surface area contributed by atoms with Crippen LogP contribution < -0.4 is 0 Å². The number of rotatable bonds is 3. The molecule has 0 radical (unpaired) electrons. The fraction of sp³-hybridized carbons (Fsp3) is 0.857. The second kappa shape index (κ2) is 5.29. The number of carbonyl (C=O) groups excluding carboxylic acids is 1. The Morgan fingerprint density at radius 3 is 2.39 bits per heavy atom. The van der Waals surface area contributed by atoms with Crippen molar-refractivity contribution in [3.8, 4) is 0 Å². The fourth-order valence-electron chi connectivity index (χ4n) is 2.36. The highest BCUT2D eigenvalue weighted by Crippen LogP contribution is 2.30. The van der Waals surface area contributed by atoms with Crippen molar-refractivity contribution in [3.05, 3.63) is 0 Å². The van der Waals surface area contributed by atoms with Gasteiger partial charge in [0.25, 0.3) is 0 Å². The first-order valence-corrected chi connectivity index (χ1v) is 6.71. The predicted molar refractivity (Wildman–Crippen MR) is 70.3 cm³/mol. The average molecular weight is 255 g/mol. The summed E-state index contributed by atoms with van der Waals surface area (Å²) >= 11 is 0. The van der Waals surface area contributed by atoms with Gasteiger partial charge in [-0.2, -0.15) is 0 Å². The number of hydrogen-bond donors (Lipinski definition) is 1. The monoisotopic (exact) mass is 255 g/mol. The summed E-state index contributed by atoms with van der Waals surface area (Å²) in [5.74, 6) is -0.902. The highest BCUT2D eigenvalue weighted by atomic mass is 16.4. The summed E-state index contributed by atoms with van der Waals surface area (Å²) in [7, 11) is 0. The second-order valence-corrected chi connectivity index (χ2v) is 6.64. The maximum Gasteiger partial charge on any atom is 0.329 e. The maximum atomic E-state index is 12.2. The third-order valence-electron chi connectivity index (χ3n) is 3.74. The smallest absolute Gasteiger partial charge is 0.329 e. The molecule has 1 atom stereocenters. The van der Waals surface area contributed by atoms with E-state index in [0.717, 1.165) is 19.3 Å². The van der Waals surface area contributed by atoms with E-state index in [1.54, 1.807) is 11.8 Å². The summed E-state index contributed by atoms with van der Waals surface area (Å²) in [6.45, 7) is 8.52. The van der Waals surface area contributed by atoms with Gasteiger partial charge in [0, 0.05) is 13.0 Å². The molecule has 0 aliphatic carbocycles. The SMILES string of the molecule is CC(C)(C)CCC(=O)N1CCCCC1(C)C(=O)O. The fourth-order valence-corrected chi connectivity index (χ4v) is 2.36. The van der Waals surface area contributed by atoms with Crippen LogP contribution in [0.2, 0.25) is 0 Å². The second-order valence-electron chi connectivity index (χ2n) is 6.64. The molecule has 1 aliphatic heterocycles. The third kappa shape index (κ3) is 3.47. The van der Waals surface area contributed by atoms with Gasteiger partial charge in [0.1, 0.15) is 5.54 Å². The first kappa shape index (κ1) is 15.0. The quantitative estimate of drug-likeness (QED) is 0.843. The lowest BCUT2D eigenvalue weighted by atomic mass is 9.86. The van der Waals surface area contributed by atoms with Gasteiger partial charge in [0.2, 0.25) is 5.91 Å². The molecular formula is C14H25NO3. The van der Waals surface area contributed by atoms with E-state index in [0.29, 0.717) is 19.4 Å². The zero-order valence-electron chi connectivity index (χ0n) is 12.0. The molecule has 4 heteroatoms. The number of carbonyl (C=O) groups is 2. The molecule has 1 amide bonds. The topological polar surface area (TPSA) is 57.6 Å². The van der Waals surface area contributed by atoms with Crippen LogP contribution in [0.15, 0.2) is 0 Å². The van der Waals surface area contributed by atoms with E-state index < -0.39 is 11.5 Å². The Morgan fingerprint density at radius 1 is 1.28 bits per heavy atom. The van der Waals surface area contributed by atoms with Gasteiger partial charge in [-0.25, -0.2) is 4.79 Å². The van der Waals surface area contributed by atoms with Crippen molar-refractivity contribution in [1.29, 1.82) is 0 Å². The van der Waals surface area contributed by atoms with Gasteiger partial charge < -0.3 is 10.0 Å². The van der Waals surface area contributed by atoms with Gasteiger partial charge >= 0.3 is 5.97 Å². The first-order chi connectivity index (χ1) is 8.17. The maximum absolute atomic E-state index is 12.2. The number of nitrogens with zero attached hydrogens (tertiary/aromatic N) is 1. The number of amides is 1. The molecule has 1 heterocycles. The van der Waals surface area contributed by atoms with E-state index in [9.17, 15) is 14.7 Å². The number of aliphatic carboxylic acids is 1. The number of piperidine rings is 1. The minimum absolute atomic E-state index is 0.0190. The minimum Gasteiger partial charge on any atom is -0.480 e. The predicted octanol–water partition coefficient (Wildman–Crippen LogP) is 2.67. The minimum atomic E-state index is -1.01. The highest BCUT2D eigenvalue weighted by Gasteiger charge is 2.43. The van der Waals surface area contributed by atoms with E-state index in [1.807, 2.05) is 0 Å². The van der Waals surface area contributed by atoms with Crippen molar-refractivity contribution in [3.63, 3.8) is 0 Å². The number of carboxylic acids is 1. The molecular weight excluding hydrogens is 230 g/mol. The summed E-state index contributed by atoms with van der Waals surface area (Å²) < 4.78 is 0. The van der Waals surface area contributed by atoms with Crippen LogP contribution in [-0.2, 0) is 9.59 Å². The Labute approximate surface area is 109 Å². The molecule has 4 nitrogen and oxygen atoms in total. The van der Waals surface area contributed by atoms with Crippen LogP contribution in [-0.4, -0.2) is 34.0 Å². The van der Waals surface area contributed by atoms with Crippen molar-refractivity contribution in [2.75, 3.05) is 6.54 Å². The summed E-state index contributed by atoms with van der Waals surface area (Å²) in [5, 5.41) is 9.35. The summed E-state index contributed by atoms with van der Waals surface area (Å²) in [6.07, 6.45) is 3.57. The molecule has 1 rings (SSSR count). The zero-order chi connectivity index (χ0) is 14.0. The van der Waals surface area contributed by atoms with Crippen LogP contribution in [0.3, 0.4) is 0 Å². The van der Waals surface area contributed by atoms with Crippen molar-refractivity contribution in [2.24, 2.45) is 5.41 Å². The van der Waals surface area contributed by atoms with Crippen molar-refractivity contribution >= 4 is 11.9 Å². The zero-order valence-corrected chi connectivity index (χ0v) is 12.0. The van der Waals surface area contributed by atoms with E-state index >= 15 is 0 Å². The Bertz CT molecular complexity index is 332. The lowest BCUT2D eigenvalue weighted by molar-refractivity contribution is -0.161. The lowest BCUT2D eigenvalue weighted by Gasteiger charge is -2.42. The first-order valence-electron chi connectivity index (χ1n) is 6.71. The van der Waals surface area contributed by atoms with Crippen LogP contribution in [0.5, 0.6) is 0 Å². The molecule has 0 saturated carbocycles. The van der Waals surface area contributed by atoms with Crippen molar-refractivity contribution in [1.82, 2.24) is 4.90 Å². The summed E-state index contributed by atoms with van der Waals surface area (Å²) in [5.41, 5.74) is -0.904. The van der Waals surface area contributed by atoms with Crippen molar-refractivity contribution < 1.29 is 14.7 Å². The Balaban J connectivity index is 2.72. The van der Waals surface area contributed by atoms with Gasteiger partial charge in [-0.1, -0.05) is 20.8 Å². The molecule has 0 spiro atoms. The molecule has 1 aliphatic rings. The van der Waals surface area contributed by atoms with E-state index in [2.05, 4.69) is 20.8 Å². The van der Waals surface area contributed by atoms with Gasteiger partial charge in [-0.05, 0) is 38.0 Å². The molecule has 1 unspecified atom stereocenters. The van der Waals surface area contributed by atoms with Gasteiger partial charge in [0.15, 0.2) is 0 Å². The van der Waals surface area contributed by atoms with Gasteiger partial charge in [-0.3, -0.25) is 4.79 Å². The summed E-state index contributed by atoms with van der Waals surface area (Å²) in [4.78, 5) is 25.2. The Morgan fingerprint density at radius 2 is 1.89 bits per heavy atom. The van der Waals surface area contributed by atoms with Crippen LogP contribution in [0.4, 0.5) is 0 Å². The van der Waals surface area contributed by atoms with Crippen LogP contribution in [0, 0.1) is 5.41 Å². The standard InChI is InChI=1S/C14H25NO3/c1-13(2,3)9-7-11(16)15-10-6-5-8-14(15,4)12(17)18/h5-10H2,1-4H3,(H,17,18). The van der Waals surface area contributed by atoms with Crippen LogP contribution in [0.25, 0.3) is 0 Å². The Hall–Kier alpha value is -1.06. The van der Waals surface area contributed by atoms with Crippen molar-refractivity contribution in [2.45, 2.75) is 65.3 Å². The third-order valence-corrected chi connectivity index (χ3v) is 3.74. The molecule has 0 aromatic rings. The average Bonchev–Trinajstić information content (AvgIpc) is 2.25. The number of hydrogen-bond acceptors (Lipinski definition) is 2.